The van der Waals surface area contributed by atoms with Gasteiger partial charge in [-0.3, -0.25) is 4.99 Å². The Morgan fingerprint density at radius 2 is 2.32 bits per heavy atom. The highest BCUT2D eigenvalue weighted by molar-refractivity contribution is 7.13. The minimum Gasteiger partial charge on any atom is -0.354 e. The molecule has 1 N–H and O–H groups in total. The fourth-order valence-corrected chi connectivity index (χ4v) is 3.94. The molecule has 2 atom stereocenters. The molecule has 2 aromatic rings. The van der Waals surface area contributed by atoms with Gasteiger partial charge < -0.3 is 19.7 Å². The molecular formula is C17H27N7S. The van der Waals surface area contributed by atoms with Gasteiger partial charge in [0.05, 0.1) is 24.6 Å². The molecule has 0 amide bonds. The lowest BCUT2D eigenvalue weighted by Crippen LogP contribution is -2.48. The second kappa shape index (κ2) is 7.86. The zero-order valence-corrected chi connectivity index (χ0v) is 16.2. The summed E-state index contributed by atoms with van der Waals surface area (Å²) in [4.78, 5) is 17.7. The van der Waals surface area contributed by atoms with Crippen LogP contribution in [0.25, 0.3) is 0 Å². The predicted molar refractivity (Wildman–Crippen MR) is 103 cm³/mol. The third-order valence-electron chi connectivity index (χ3n) is 4.69. The Bertz CT molecular complexity index is 692. The predicted octanol–water partition coefficient (Wildman–Crippen LogP) is 2.06. The maximum absolute atomic E-state index is 4.62. The van der Waals surface area contributed by atoms with Crippen LogP contribution in [0.4, 0.5) is 5.13 Å². The first-order chi connectivity index (χ1) is 12.1. The van der Waals surface area contributed by atoms with Crippen molar-refractivity contribution in [2.24, 2.45) is 10.9 Å². The molecule has 0 spiro atoms. The van der Waals surface area contributed by atoms with Gasteiger partial charge in [-0.1, -0.05) is 6.92 Å². The molecule has 3 heterocycles. The largest absolute Gasteiger partial charge is 0.354 e. The summed E-state index contributed by atoms with van der Waals surface area (Å²) in [5.74, 6) is 1.57. The van der Waals surface area contributed by atoms with E-state index in [1.807, 2.05) is 38.6 Å². The molecule has 1 saturated heterocycles. The molecule has 0 saturated carbocycles. The Labute approximate surface area is 153 Å². The number of imidazole rings is 1. The summed E-state index contributed by atoms with van der Waals surface area (Å²) in [6.45, 7) is 4.97. The molecular weight excluding hydrogens is 334 g/mol. The molecule has 3 rings (SSSR count). The third kappa shape index (κ3) is 4.12. The number of likely N-dealkylation sites (tertiary alicyclic amines) is 1. The molecule has 0 aromatic carbocycles. The molecule has 2 aromatic heterocycles. The van der Waals surface area contributed by atoms with Gasteiger partial charge in [0, 0.05) is 52.0 Å². The Kier molecular flexibility index (Phi) is 5.57. The lowest BCUT2D eigenvalue weighted by atomic mass is 9.93. The lowest BCUT2D eigenvalue weighted by molar-refractivity contribution is 0.189. The zero-order valence-electron chi connectivity index (χ0n) is 15.4. The van der Waals surface area contributed by atoms with E-state index in [1.165, 1.54) is 0 Å². The molecule has 0 bridgehead atoms. The monoisotopic (exact) mass is 361 g/mol. The van der Waals surface area contributed by atoms with Gasteiger partial charge in [0.2, 0.25) is 0 Å². The Morgan fingerprint density at radius 1 is 1.48 bits per heavy atom. The molecule has 25 heavy (non-hydrogen) atoms. The summed E-state index contributed by atoms with van der Waals surface area (Å²) in [6, 6.07) is 0.425. The van der Waals surface area contributed by atoms with E-state index in [1.54, 1.807) is 11.3 Å². The van der Waals surface area contributed by atoms with E-state index in [-0.39, 0.29) is 0 Å². The van der Waals surface area contributed by atoms with Crippen LogP contribution in [-0.2, 0) is 6.54 Å². The second-order valence-corrected chi connectivity index (χ2v) is 7.54. The summed E-state index contributed by atoms with van der Waals surface area (Å²) in [6.07, 6.45) is 6.96. The number of guanidine groups is 1. The van der Waals surface area contributed by atoms with Gasteiger partial charge in [-0.15, -0.1) is 11.3 Å². The number of rotatable bonds is 4. The van der Waals surface area contributed by atoms with Crippen molar-refractivity contribution in [2.45, 2.75) is 25.9 Å². The average Bonchev–Trinajstić information content (AvgIpc) is 3.28. The van der Waals surface area contributed by atoms with Gasteiger partial charge in [0.25, 0.3) is 0 Å². The van der Waals surface area contributed by atoms with Crippen LogP contribution in [-0.4, -0.2) is 59.6 Å². The number of nitrogens with zero attached hydrogens (tertiary/aromatic N) is 6. The first kappa shape index (κ1) is 17.7. The summed E-state index contributed by atoms with van der Waals surface area (Å²) < 4.78 is 2.22. The van der Waals surface area contributed by atoms with Gasteiger partial charge in [-0.25, -0.2) is 9.97 Å². The van der Waals surface area contributed by atoms with Gasteiger partial charge in [0.15, 0.2) is 11.1 Å². The van der Waals surface area contributed by atoms with Crippen LogP contribution >= 0.6 is 11.3 Å². The van der Waals surface area contributed by atoms with Crippen LogP contribution in [0.1, 0.15) is 25.1 Å². The maximum Gasteiger partial charge on any atom is 0.194 e. The second-order valence-electron chi connectivity index (χ2n) is 6.71. The van der Waals surface area contributed by atoms with Gasteiger partial charge >= 0.3 is 0 Å². The number of nitrogens with one attached hydrogen (secondary N) is 1. The van der Waals surface area contributed by atoms with Crippen molar-refractivity contribution >= 4 is 22.4 Å². The summed E-state index contributed by atoms with van der Waals surface area (Å²) in [7, 11) is 5.87. The van der Waals surface area contributed by atoms with Crippen LogP contribution in [0.2, 0.25) is 0 Å². The van der Waals surface area contributed by atoms with E-state index in [0.29, 0.717) is 18.5 Å². The first-order valence-electron chi connectivity index (χ1n) is 8.63. The Morgan fingerprint density at radius 3 is 2.96 bits per heavy atom. The van der Waals surface area contributed by atoms with Crippen molar-refractivity contribution in [3.05, 3.63) is 29.8 Å². The Balaban J connectivity index is 1.62. The van der Waals surface area contributed by atoms with Crippen molar-refractivity contribution < 1.29 is 0 Å². The maximum atomic E-state index is 4.62. The molecule has 2 unspecified atom stereocenters. The van der Waals surface area contributed by atoms with Crippen molar-refractivity contribution in [3.63, 3.8) is 0 Å². The van der Waals surface area contributed by atoms with Crippen LogP contribution in [0.3, 0.4) is 0 Å². The van der Waals surface area contributed by atoms with Crippen LogP contribution in [0.5, 0.6) is 0 Å². The average molecular weight is 362 g/mol. The highest BCUT2D eigenvalue weighted by Crippen LogP contribution is 2.27. The Hall–Kier alpha value is -2.09. The van der Waals surface area contributed by atoms with E-state index in [4.69, 9.17) is 0 Å². The molecule has 7 nitrogen and oxygen atoms in total. The quantitative estimate of drug-likeness (QED) is 0.667. The van der Waals surface area contributed by atoms with Gasteiger partial charge in [0.1, 0.15) is 0 Å². The smallest absolute Gasteiger partial charge is 0.194 e. The molecule has 1 fully saturated rings. The number of hydrogen-bond acceptors (Lipinski definition) is 5. The van der Waals surface area contributed by atoms with Crippen LogP contribution in [0, 0.1) is 5.92 Å². The number of piperidine rings is 1. The van der Waals surface area contributed by atoms with Crippen molar-refractivity contribution in [1.29, 1.82) is 0 Å². The molecule has 8 heteroatoms. The minimum absolute atomic E-state index is 0.425. The normalized spacial score (nSPS) is 21.4. The van der Waals surface area contributed by atoms with E-state index in [0.717, 1.165) is 36.3 Å². The SMILES string of the molecule is CN=C(NCc1csc(N(C)C)n1)N1CCC(C)C(n2ccnc2)C1. The minimum atomic E-state index is 0.425. The number of anilines is 1. The van der Waals surface area contributed by atoms with Crippen molar-refractivity contribution in [3.8, 4) is 0 Å². The molecule has 136 valence electrons. The summed E-state index contributed by atoms with van der Waals surface area (Å²) >= 11 is 1.66. The lowest BCUT2D eigenvalue weighted by Gasteiger charge is -2.39. The molecule has 1 aliphatic heterocycles. The van der Waals surface area contributed by atoms with Crippen molar-refractivity contribution in [2.75, 3.05) is 39.1 Å². The fourth-order valence-electron chi connectivity index (χ4n) is 3.18. The highest BCUT2D eigenvalue weighted by atomic mass is 32.1. The highest BCUT2D eigenvalue weighted by Gasteiger charge is 2.28. The summed E-state index contributed by atoms with van der Waals surface area (Å²) in [5.41, 5.74) is 1.05. The number of thiazole rings is 1. The van der Waals surface area contributed by atoms with E-state index < -0.39 is 0 Å². The van der Waals surface area contributed by atoms with Crippen molar-refractivity contribution in [1.82, 2.24) is 24.8 Å². The third-order valence-corrected chi connectivity index (χ3v) is 5.74. The van der Waals surface area contributed by atoms with Gasteiger partial charge in [-0.2, -0.15) is 0 Å². The number of hydrogen-bond donors (Lipinski definition) is 1. The van der Waals surface area contributed by atoms with Gasteiger partial charge in [-0.05, 0) is 12.3 Å². The molecule has 0 radical (unpaired) electrons. The summed E-state index contributed by atoms with van der Waals surface area (Å²) in [5, 5.41) is 6.59. The fraction of sp³-hybridized carbons (Fsp3) is 0.588. The topological polar surface area (TPSA) is 61.6 Å². The number of aliphatic imine (C=N–C) groups is 1. The standard InChI is InChI=1S/C17H27N7S/c1-13-5-7-23(10-15(13)24-8-6-19-12-24)16(18-2)20-9-14-11-25-17(21-14)22(3)4/h6,8,11-13,15H,5,7,9-10H2,1-4H3,(H,18,20). The molecule has 1 aliphatic rings. The van der Waals surface area contributed by atoms with E-state index in [2.05, 4.69) is 48.2 Å². The van der Waals surface area contributed by atoms with Crippen LogP contribution in [0.15, 0.2) is 29.1 Å². The number of aromatic nitrogens is 3. The first-order valence-corrected chi connectivity index (χ1v) is 9.51. The van der Waals surface area contributed by atoms with Crippen LogP contribution < -0.4 is 10.2 Å². The van der Waals surface area contributed by atoms with E-state index >= 15 is 0 Å². The van der Waals surface area contributed by atoms with E-state index in [9.17, 15) is 0 Å². The molecule has 0 aliphatic carbocycles. The zero-order chi connectivity index (χ0) is 17.8.